The highest BCUT2D eigenvalue weighted by Crippen LogP contribution is 2.40. The second kappa shape index (κ2) is 6.83. The minimum Gasteiger partial charge on any atom is -0.463 e. The van der Waals surface area contributed by atoms with Gasteiger partial charge in [0.2, 0.25) is 5.91 Å². The molecule has 1 saturated heterocycles. The number of aromatic nitrogens is 1. The molecule has 3 aliphatic rings. The van der Waals surface area contributed by atoms with Gasteiger partial charge in [0.05, 0.1) is 31.0 Å². The van der Waals surface area contributed by atoms with Crippen molar-refractivity contribution in [1.82, 2.24) is 14.8 Å². The van der Waals surface area contributed by atoms with E-state index in [4.69, 9.17) is 4.74 Å². The van der Waals surface area contributed by atoms with Crippen molar-refractivity contribution in [3.8, 4) is 0 Å². The van der Waals surface area contributed by atoms with Crippen LogP contribution in [0, 0.1) is 11.8 Å². The summed E-state index contributed by atoms with van der Waals surface area (Å²) in [6, 6.07) is 0. The van der Waals surface area contributed by atoms with Crippen LogP contribution in [-0.4, -0.2) is 65.3 Å². The number of fused-ring (bicyclic) bond motifs is 1. The zero-order valence-electron chi connectivity index (χ0n) is 15.0. The third-order valence-corrected chi connectivity index (χ3v) is 5.90. The summed E-state index contributed by atoms with van der Waals surface area (Å²) in [6.45, 7) is 6.16. The van der Waals surface area contributed by atoms with Gasteiger partial charge >= 0.3 is 5.97 Å². The van der Waals surface area contributed by atoms with Crippen LogP contribution in [0.15, 0.2) is 27.8 Å². The number of amides is 1. The van der Waals surface area contributed by atoms with Crippen molar-refractivity contribution < 1.29 is 14.3 Å². The molecule has 0 bridgehead atoms. The van der Waals surface area contributed by atoms with Crippen LogP contribution < -0.4 is 0 Å². The van der Waals surface area contributed by atoms with Crippen LogP contribution in [0.3, 0.4) is 0 Å². The number of hydrogen-bond acceptors (Lipinski definition) is 7. The second-order valence-electron chi connectivity index (χ2n) is 6.85. The Morgan fingerprint density at radius 2 is 2.19 bits per heavy atom. The number of nitrogens with zero attached hydrogens (tertiary/aromatic N) is 4. The van der Waals surface area contributed by atoms with E-state index in [9.17, 15) is 9.59 Å². The summed E-state index contributed by atoms with van der Waals surface area (Å²) < 4.78 is 5.22. The van der Waals surface area contributed by atoms with E-state index in [1.165, 1.54) is 11.3 Å². The number of aliphatic imine (C=N–C) groups is 1. The van der Waals surface area contributed by atoms with Gasteiger partial charge in [-0.05, 0) is 19.3 Å². The Labute approximate surface area is 156 Å². The first-order valence-electron chi connectivity index (χ1n) is 9.00. The number of piperazine rings is 1. The topological polar surface area (TPSA) is 75.1 Å². The van der Waals surface area contributed by atoms with E-state index in [-0.39, 0.29) is 24.3 Å². The number of ether oxygens (including phenoxy) is 1. The zero-order chi connectivity index (χ0) is 18.3. The smallest absolute Gasteiger partial charge is 0.337 e. The fraction of sp³-hybridized carbons (Fsp3) is 0.556. The molecule has 2 atom stereocenters. The van der Waals surface area contributed by atoms with Gasteiger partial charge in [-0.25, -0.2) is 9.78 Å². The molecule has 26 heavy (non-hydrogen) atoms. The molecule has 8 heteroatoms. The standard InChI is InChI=1S/C18H22N4O3S/c1-3-25-18(24)13-9-20-15(16-19-4-7-26-16)22-6-5-21(10-14(13)22)17(23)12-8-11(12)2/h4,7,11-12H,3,5-6,8-10H2,1-2H3. The van der Waals surface area contributed by atoms with Crippen molar-refractivity contribution in [2.75, 3.05) is 32.8 Å². The van der Waals surface area contributed by atoms with E-state index in [0.29, 0.717) is 37.7 Å². The summed E-state index contributed by atoms with van der Waals surface area (Å²) in [5, 5.41) is 2.75. The average molecular weight is 374 g/mol. The molecule has 2 unspecified atom stereocenters. The molecule has 2 fully saturated rings. The van der Waals surface area contributed by atoms with E-state index in [1.807, 2.05) is 15.2 Å². The lowest BCUT2D eigenvalue weighted by Crippen LogP contribution is -2.52. The number of hydrogen-bond donors (Lipinski definition) is 0. The van der Waals surface area contributed by atoms with Crippen molar-refractivity contribution >= 4 is 29.0 Å². The molecule has 0 spiro atoms. The highest BCUT2D eigenvalue weighted by atomic mass is 32.1. The van der Waals surface area contributed by atoms with Crippen LogP contribution in [0.25, 0.3) is 0 Å². The van der Waals surface area contributed by atoms with Crippen LogP contribution >= 0.6 is 11.3 Å². The fourth-order valence-corrected chi connectivity index (χ4v) is 4.18. The number of thiazole rings is 1. The highest BCUT2D eigenvalue weighted by Gasteiger charge is 2.44. The van der Waals surface area contributed by atoms with Gasteiger partial charge in [-0.3, -0.25) is 9.79 Å². The van der Waals surface area contributed by atoms with Gasteiger partial charge in [0, 0.05) is 30.6 Å². The van der Waals surface area contributed by atoms with Crippen molar-refractivity contribution in [1.29, 1.82) is 0 Å². The van der Waals surface area contributed by atoms with Gasteiger partial charge in [0.1, 0.15) is 0 Å². The van der Waals surface area contributed by atoms with E-state index in [0.717, 1.165) is 23.0 Å². The molecule has 138 valence electrons. The maximum atomic E-state index is 12.7. The quantitative estimate of drug-likeness (QED) is 0.747. The lowest BCUT2D eigenvalue weighted by atomic mass is 10.1. The third-order valence-electron chi connectivity index (χ3n) is 5.13. The maximum Gasteiger partial charge on any atom is 0.337 e. The lowest BCUT2D eigenvalue weighted by Gasteiger charge is -2.41. The summed E-state index contributed by atoms with van der Waals surface area (Å²) in [6.07, 6.45) is 2.72. The summed E-state index contributed by atoms with van der Waals surface area (Å²) in [4.78, 5) is 38.0. The van der Waals surface area contributed by atoms with Crippen LogP contribution in [0.1, 0.15) is 25.3 Å². The molecule has 0 N–H and O–H groups in total. The molecular formula is C18H22N4O3S. The summed E-state index contributed by atoms with van der Waals surface area (Å²) in [5.41, 5.74) is 1.38. The lowest BCUT2D eigenvalue weighted by molar-refractivity contribution is -0.139. The number of esters is 1. The largest absolute Gasteiger partial charge is 0.463 e. The van der Waals surface area contributed by atoms with E-state index in [1.54, 1.807) is 13.1 Å². The molecule has 1 aromatic rings. The van der Waals surface area contributed by atoms with Gasteiger partial charge in [0.25, 0.3) is 0 Å². The summed E-state index contributed by atoms with van der Waals surface area (Å²) in [5.74, 6) is 1.26. The molecule has 1 aromatic heterocycles. The van der Waals surface area contributed by atoms with Crippen LogP contribution in [0.5, 0.6) is 0 Å². The molecule has 1 aliphatic carbocycles. The Kier molecular flexibility index (Phi) is 4.52. The molecule has 0 radical (unpaired) electrons. The number of rotatable bonds is 4. The minimum atomic E-state index is -0.344. The Balaban J connectivity index is 1.63. The van der Waals surface area contributed by atoms with E-state index >= 15 is 0 Å². The molecular weight excluding hydrogens is 352 g/mol. The maximum absolute atomic E-state index is 12.7. The van der Waals surface area contributed by atoms with Crippen molar-refractivity contribution in [2.24, 2.45) is 16.8 Å². The number of carbonyl (C=O) groups is 2. The van der Waals surface area contributed by atoms with Gasteiger partial charge in [-0.2, -0.15) is 0 Å². The van der Waals surface area contributed by atoms with Crippen LogP contribution in [0.4, 0.5) is 0 Å². The first kappa shape index (κ1) is 17.2. The Morgan fingerprint density at radius 1 is 1.38 bits per heavy atom. The Hall–Kier alpha value is -2.22. The average Bonchev–Trinajstić information content (AvgIpc) is 3.14. The minimum absolute atomic E-state index is 0.142. The molecule has 0 aromatic carbocycles. The van der Waals surface area contributed by atoms with E-state index in [2.05, 4.69) is 16.9 Å². The van der Waals surface area contributed by atoms with Gasteiger partial charge < -0.3 is 14.5 Å². The molecule has 3 heterocycles. The van der Waals surface area contributed by atoms with Gasteiger partial charge in [0.15, 0.2) is 10.8 Å². The summed E-state index contributed by atoms with van der Waals surface area (Å²) >= 11 is 1.52. The molecule has 1 amide bonds. The van der Waals surface area contributed by atoms with E-state index < -0.39 is 0 Å². The van der Waals surface area contributed by atoms with Crippen molar-refractivity contribution in [3.63, 3.8) is 0 Å². The van der Waals surface area contributed by atoms with Crippen LogP contribution in [0.2, 0.25) is 0 Å². The number of carbonyl (C=O) groups excluding carboxylic acids is 2. The molecule has 4 rings (SSSR count). The predicted molar refractivity (Wildman–Crippen MR) is 97.7 cm³/mol. The summed E-state index contributed by atoms with van der Waals surface area (Å²) in [7, 11) is 0. The SMILES string of the molecule is CCOC(=O)C1=C2CN(C(=O)C3CC3C)CCN2C(c2nccs2)=NC1. The molecule has 1 saturated carbocycles. The first-order chi connectivity index (χ1) is 12.6. The highest BCUT2D eigenvalue weighted by molar-refractivity contribution is 7.11. The fourth-order valence-electron chi connectivity index (χ4n) is 3.53. The van der Waals surface area contributed by atoms with Crippen molar-refractivity contribution in [2.45, 2.75) is 20.3 Å². The van der Waals surface area contributed by atoms with Gasteiger partial charge in [-0.15, -0.1) is 11.3 Å². The normalized spacial score (nSPS) is 24.9. The first-order valence-corrected chi connectivity index (χ1v) is 9.88. The molecule has 2 aliphatic heterocycles. The van der Waals surface area contributed by atoms with Crippen LogP contribution in [-0.2, 0) is 14.3 Å². The second-order valence-corrected chi connectivity index (χ2v) is 7.75. The third kappa shape index (κ3) is 3.02. The molecule has 7 nitrogen and oxygen atoms in total. The monoisotopic (exact) mass is 374 g/mol. The van der Waals surface area contributed by atoms with Gasteiger partial charge in [-0.1, -0.05) is 6.92 Å². The van der Waals surface area contributed by atoms with Crippen molar-refractivity contribution in [3.05, 3.63) is 27.9 Å². The zero-order valence-corrected chi connectivity index (χ0v) is 15.8. The number of amidine groups is 1. The Bertz CT molecular complexity index is 786. The Morgan fingerprint density at radius 3 is 2.85 bits per heavy atom. The predicted octanol–water partition coefficient (Wildman–Crippen LogP) is 1.52.